The molecule has 2 heterocycles. The minimum absolute atomic E-state index is 0.0866. The van der Waals surface area contributed by atoms with Crippen LogP contribution in [0.5, 0.6) is 0 Å². The van der Waals surface area contributed by atoms with Gasteiger partial charge < -0.3 is 15.4 Å². The van der Waals surface area contributed by atoms with E-state index >= 15 is 0 Å². The van der Waals surface area contributed by atoms with Crippen molar-refractivity contribution in [3.05, 3.63) is 35.9 Å². The maximum absolute atomic E-state index is 5.86. The van der Waals surface area contributed by atoms with Crippen molar-refractivity contribution in [1.29, 1.82) is 0 Å². The van der Waals surface area contributed by atoms with Gasteiger partial charge in [-0.2, -0.15) is 0 Å². The molecule has 3 atom stereocenters. The minimum Gasteiger partial charge on any atom is -0.373 e. The van der Waals surface area contributed by atoms with Crippen molar-refractivity contribution in [2.24, 2.45) is 10.9 Å². The number of likely N-dealkylation sites (tertiary alicyclic amines) is 1. The lowest BCUT2D eigenvalue weighted by Gasteiger charge is -2.22. The summed E-state index contributed by atoms with van der Waals surface area (Å²) in [4.78, 5) is 7.39. The lowest BCUT2D eigenvalue weighted by Crippen LogP contribution is -2.41. The van der Waals surface area contributed by atoms with Crippen LogP contribution in [0.4, 0.5) is 0 Å². The lowest BCUT2D eigenvalue weighted by atomic mass is 10.0. The van der Waals surface area contributed by atoms with E-state index in [1.54, 1.807) is 0 Å². The van der Waals surface area contributed by atoms with E-state index in [-0.39, 0.29) is 5.60 Å². The molecule has 2 fully saturated rings. The van der Waals surface area contributed by atoms with Crippen molar-refractivity contribution in [2.45, 2.75) is 58.2 Å². The largest absolute Gasteiger partial charge is 0.373 e. The Morgan fingerprint density at radius 1 is 1.30 bits per heavy atom. The molecule has 5 nitrogen and oxygen atoms in total. The Labute approximate surface area is 164 Å². The van der Waals surface area contributed by atoms with E-state index in [1.807, 2.05) is 0 Å². The molecule has 2 saturated heterocycles. The fraction of sp³-hybridized carbons (Fsp3) is 0.682. The first kappa shape index (κ1) is 20.2. The molecular weight excluding hydrogens is 336 g/mol. The van der Waals surface area contributed by atoms with Crippen molar-refractivity contribution in [3.63, 3.8) is 0 Å². The molecule has 0 bridgehead atoms. The number of nitrogens with one attached hydrogen (secondary N) is 2. The topological polar surface area (TPSA) is 48.9 Å². The van der Waals surface area contributed by atoms with Crippen molar-refractivity contribution >= 4 is 5.96 Å². The van der Waals surface area contributed by atoms with E-state index in [1.165, 1.54) is 12.0 Å². The van der Waals surface area contributed by atoms with Crippen molar-refractivity contribution in [3.8, 4) is 0 Å². The quantitative estimate of drug-likeness (QED) is 0.571. The summed E-state index contributed by atoms with van der Waals surface area (Å²) in [5.74, 6) is 1.58. The molecule has 0 aromatic heterocycles. The molecular formula is C22H36N4O. The molecule has 0 amide bonds. The van der Waals surface area contributed by atoms with Gasteiger partial charge in [0.1, 0.15) is 0 Å². The number of rotatable bonds is 7. The molecule has 2 aliphatic heterocycles. The maximum Gasteiger partial charge on any atom is 0.191 e. The van der Waals surface area contributed by atoms with Gasteiger partial charge in [-0.25, -0.2) is 0 Å². The molecule has 2 N–H and O–H groups in total. The van der Waals surface area contributed by atoms with E-state index in [9.17, 15) is 0 Å². The second-order valence-corrected chi connectivity index (χ2v) is 8.34. The molecule has 27 heavy (non-hydrogen) atoms. The molecule has 3 rings (SSSR count). The fourth-order valence-corrected chi connectivity index (χ4v) is 4.19. The van der Waals surface area contributed by atoms with Gasteiger partial charge >= 0.3 is 0 Å². The molecule has 3 unspecified atom stereocenters. The molecule has 1 aromatic rings. The monoisotopic (exact) mass is 372 g/mol. The molecule has 0 spiro atoms. The van der Waals surface area contributed by atoms with E-state index < -0.39 is 0 Å². The SMILES string of the molecule is CCNC(=NCC1(C)CCCO1)NCC1CC(C)N(Cc2ccccc2)C1. The highest BCUT2D eigenvalue weighted by molar-refractivity contribution is 5.79. The molecule has 2 aliphatic rings. The van der Waals surface area contributed by atoms with Gasteiger partial charge in [0.2, 0.25) is 0 Å². The van der Waals surface area contributed by atoms with Crippen LogP contribution >= 0.6 is 0 Å². The van der Waals surface area contributed by atoms with Crippen molar-refractivity contribution in [1.82, 2.24) is 15.5 Å². The minimum atomic E-state index is -0.0866. The molecule has 0 radical (unpaired) electrons. The highest BCUT2D eigenvalue weighted by atomic mass is 16.5. The van der Waals surface area contributed by atoms with E-state index in [4.69, 9.17) is 9.73 Å². The molecule has 0 aliphatic carbocycles. The average molecular weight is 373 g/mol. The summed E-state index contributed by atoms with van der Waals surface area (Å²) < 4.78 is 5.86. The van der Waals surface area contributed by atoms with E-state index in [0.717, 1.165) is 58.1 Å². The Morgan fingerprint density at radius 3 is 2.81 bits per heavy atom. The number of ether oxygens (including phenoxy) is 1. The summed E-state index contributed by atoms with van der Waals surface area (Å²) in [6, 6.07) is 11.4. The summed E-state index contributed by atoms with van der Waals surface area (Å²) >= 11 is 0. The molecule has 150 valence electrons. The van der Waals surface area contributed by atoms with Gasteiger partial charge in [-0.1, -0.05) is 30.3 Å². The Balaban J connectivity index is 1.48. The van der Waals surface area contributed by atoms with Gasteiger partial charge in [0.15, 0.2) is 5.96 Å². The van der Waals surface area contributed by atoms with Crippen molar-refractivity contribution in [2.75, 3.05) is 32.8 Å². The lowest BCUT2D eigenvalue weighted by molar-refractivity contribution is 0.0283. The number of benzene rings is 1. The zero-order valence-corrected chi connectivity index (χ0v) is 17.2. The van der Waals surface area contributed by atoms with Crippen molar-refractivity contribution < 1.29 is 4.74 Å². The number of guanidine groups is 1. The fourth-order valence-electron chi connectivity index (χ4n) is 4.19. The normalized spacial score (nSPS) is 29.2. The molecule has 0 saturated carbocycles. The van der Waals surface area contributed by atoms with Gasteiger partial charge in [0.05, 0.1) is 12.1 Å². The zero-order valence-electron chi connectivity index (χ0n) is 17.2. The number of aliphatic imine (C=N–C) groups is 1. The Kier molecular flexibility index (Phi) is 7.13. The molecule has 1 aromatic carbocycles. The summed E-state index contributed by atoms with van der Waals surface area (Å²) in [5.41, 5.74) is 1.31. The summed E-state index contributed by atoms with van der Waals surface area (Å²) in [7, 11) is 0. The van der Waals surface area contributed by atoms with Crippen LogP contribution in [0, 0.1) is 5.92 Å². The smallest absolute Gasteiger partial charge is 0.191 e. The van der Waals surface area contributed by atoms with Crippen LogP contribution in [0.15, 0.2) is 35.3 Å². The third-order valence-electron chi connectivity index (χ3n) is 5.79. The third kappa shape index (κ3) is 5.94. The zero-order chi connectivity index (χ0) is 19.1. The van der Waals surface area contributed by atoms with Gasteiger partial charge in [-0.05, 0) is 51.5 Å². The summed E-state index contributed by atoms with van der Waals surface area (Å²) in [5, 5.41) is 6.95. The number of hydrogen-bond donors (Lipinski definition) is 2. The number of nitrogens with zero attached hydrogens (tertiary/aromatic N) is 2. The average Bonchev–Trinajstić information content (AvgIpc) is 3.25. The Bertz CT molecular complexity index is 598. The highest BCUT2D eigenvalue weighted by Crippen LogP contribution is 2.26. The predicted molar refractivity (Wildman–Crippen MR) is 112 cm³/mol. The highest BCUT2D eigenvalue weighted by Gasteiger charge is 2.30. The Hall–Kier alpha value is -1.59. The Morgan fingerprint density at radius 2 is 2.11 bits per heavy atom. The van der Waals surface area contributed by atoms with Crippen LogP contribution in [0.3, 0.4) is 0 Å². The standard InChI is InChI=1S/C22H36N4O/c1-4-23-21(25-17-22(3)11-8-12-27-22)24-14-20-13-18(2)26(16-20)15-19-9-6-5-7-10-19/h5-7,9-10,18,20H,4,8,11-17H2,1-3H3,(H2,23,24,25). The first-order valence-electron chi connectivity index (χ1n) is 10.5. The van der Waals surface area contributed by atoms with Gasteiger partial charge in [0, 0.05) is 38.8 Å². The van der Waals surface area contributed by atoms with Crippen LogP contribution < -0.4 is 10.6 Å². The van der Waals surface area contributed by atoms with E-state index in [2.05, 4.69) is 66.6 Å². The van der Waals surface area contributed by atoms with Crippen LogP contribution in [0.25, 0.3) is 0 Å². The number of hydrogen-bond acceptors (Lipinski definition) is 3. The van der Waals surface area contributed by atoms with E-state index in [0.29, 0.717) is 12.0 Å². The van der Waals surface area contributed by atoms with Crippen LogP contribution in [-0.4, -0.2) is 55.3 Å². The first-order valence-corrected chi connectivity index (χ1v) is 10.5. The maximum atomic E-state index is 5.86. The molecule has 5 heteroatoms. The third-order valence-corrected chi connectivity index (χ3v) is 5.79. The van der Waals surface area contributed by atoms with Gasteiger partial charge in [-0.15, -0.1) is 0 Å². The van der Waals surface area contributed by atoms with Crippen LogP contribution in [0.2, 0.25) is 0 Å². The summed E-state index contributed by atoms with van der Waals surface area (Å²) in [6.07, 6.45) is 3.48. The van der Waals surface area contributed by atoms with Crippen LogP contribution in [-0.2, 0) is 11.3 Å². The summed E-state index contributed by atoms with van der Waals surface area (Å²) in [6.45, 7) is 12.3. The first-order chi connectivity index (χ1) is 13.1. The second-order valence-electron chi connectivity index (χ2n) is 8.34. The van der Waals surface area contributed by atoms with Crippen LogP contribution in [0.1, 0.15) is 45.6 Å². The predicted octanol–water partition coefficient (Wildman–Crippen LogP) is 3.02. The van der Waals surface area contributed by atoms with Gasteiger partial charge in [0.25, 0.3) is 0 Å². The second kappa shape index (κ2) is 9.56. The van der Waals surface area contributed by atoms with Gasteiger partial charge in [-0.3, -0.25) is 9.89 Å².